The molecular formula is C24H25FN2O3. The van der Waals surface area contributed by atoms with Gasteiger partial charge in [-0.3, -0.25) is 9.59 Å². The van der Waals surface area contributed by atoms with Gasteiger partial charge in [-0.05, 0) is 61.9 Å². The van der Waals surface area contributed by atoms with Gasteiger partial charge < -0.3 is 15.0 Å². The number of nitrogens with zero attached hydrogens (tertiary/aromatic N) is 1. The lowest BCUT2D eigenvalue weighted by atomic mass is 9.91. The van der Waals surface area contributed by atoms with Crippen LogP contribution in [0.3, 0.4) is 0 Å². The summed E-state index contributed by atoms with van der Waals surface area (Å²) in [5, 5.41) is 13.1. The minimum absolute atomic E-state index is 0.00415. The number of aromatic nitrogens is 1. The number of aliphatic carboxylic acids is 1. The average molecular weight is 408 g/mol. The lowest BCUT2D eigenvalue weighted by Gasteiger charge is -2.25. The van der Waals surface area contributed by atoms with Crippen LogP contribution in [0, 0.1) is 12.7 Å². The van der Waals surface area contributed by atoms with Crippen LogP contribution >= 0.6 is 0 Å². The van der Waals surface area contributed by atoms with Crippen molar-refractivity contribution in [2.75, 3.05) is 0 Å². The number of fused-ring (bicyclic) bond motifs is 3. The summed E-state index contributed by atoms with van der Waals surface area (Å²) in [6.07, 6.45) is 3.08. The first-order chi connectivity index (χ1) is 14.4. The molecule has 1 amide bonds. The summed E-state index contributed by atoms with van der Waals surface area (Å²) in [7, 11) is 0. The maximum atomic E-state index is 13.9. The van der Waals surface area contributed by atoms with Gasteiger partial charge in [0.1, 0.15) is 12.4 Å². The molecule has 0 radical (unpaired) electrons. The molecule has 156 valence electrons. The van der Waals surface area contributed by atoms with Gasteiger partial charge in [0.25, 0.3) is 0 Å². The van der Waals surface area contributed by atoms with Crippen LogP contribution in [0.15, 0.2) is 42.5 Å². The summed E-state index contributed by atoms with van der Waals surface area (Å²) in [5.41, 5.74) is 4.94. The second kappa shape index (κ2) is 8.30. The van der Waals surface area contributed by atoms with E-state index < -0.39 is 5.97 Å². The molecule has 0 aliphatic heterocycles. The summed E-state index contributed by atoms with van der Waals surface area (Å²) < 4.78 is 15.6. The topological polar surface area (TPSA) is 71.3 Å². The van der Waals surface area contributed by atoms with E-state index in [1.807, 2.05) is 31.2 Å². The third-order valence-corrected chi connectivity index (χ3v) is 5.85. The fourth-order valence-electron chi connectivity index (χ4n) is 4.37. The van der Waals surface area contributed by atoms with Gasteiger partial charge in [-0.15, -0.1) is 0 Å². The second-order valence-corrected chi connectivity index (χ2v) is 8.06. The number of carbonyl (C=O) groups is 2. The normalized spacial score (nSPS) is 15.7. The van der Waals surface area contributed by atoms with Gasteiger partial charge in [0.2, 0.25) is 5.91 Å². The van der Waals surface area contributed by atoms with Gasteiger partial charge in [0.05, 0.1) is 0 Å². The minimum Gasteiger partial charge on any atom is -0.480 e. The van der Waals surface area contributed by atoms with Gasteiger partial charge in [0, 0.05) is 29.1 Å². The molecule has 0 fully saturated rings. The number of halogens is 1. The minimum atomic E-state index is -0.925. The Kier molecular flexibility index (Phi) is 5.57. The molecule has 4 rings (SSSR count). The molecule has 1 aliphatic carbocycles. The first-order valence-corrected chi connectivity index (χ1v) is 10.3. The van der Waals surface area contributed by atoms with E-state index in [0.717, 1.165) is 34.1 Å². The fraction of sp³-hybridized carbons (Fsp3) is 0.333. The lowest BCUT2D eigenvalue weighted by Crippen LogP contribution is -2.39. The monoisotopic (exact) mass is 408 g/mol. The van der Waals surface area contributed by atoms with Gasteiger partial charge in [-0.25, -0.2) is 4.39 Å². The molecular weight excluding hydrogens is 383 g/mol. The van der Waals surface area contributed by atoms with E-state index in [1.54, 1.807) is 10.6 Å². The summed E-state index contributed by atoms with van der Waals surface area (Å²) in [5.74, 6) is -1.27. The first-order valence-electron chi connectivity index (χ1n) is 10.3. The third kappa shape index (κ3) is 4.22. The standard InChI is InChI=1S/C24H25FN2O3/c1-15-2-4-16(5-3-15)6-11-23(28)26-18-8-10-22-20(13-18)19-12-17(25)7-9-21(19)27(22)14-24(29)30/h2-5,7,9,12,18H,6,8,10-11,13-14H2,1H3,(H,26,28)(H,29,30). The molecule has 0 bridgehead atoms. The van der Waals surface area contributed by atoms with Crippen molar-refractivity contribution in [1.82, 2.24) is 9.88 Å². The van der Waals surface area contributed by atoms with E-state index in [9.17, 15) is 19.1 Å². The molecule has 0 spiro atoms. The van der Waals surface area contributed by atoms with Crippen molar-refractivity contribution in [3.8, 4) is 0 Å². The number of rotatable bonds is 6. The van der Waals surface area contributed by atoms with Gasteiger partial charge in [-0.2, -0.15) is 0 Å². The maximum absolute atomic E-state index is 13.9. The van der Waals surface area contributed by atoms with Crippen molar-refractivity contribution in [2.45, 2.75) is 51.6 Å². The average Bonchev–Trinajstić information content (AvgIpc) is 2.99. The number of aryl methyl sites for hydroxylation is 2. The molecule has 1 atom stereocenters. The smallest absolute Gasteiger partial charge is 0.323 e. The van der Waals surface area contributed by atoms with Crippen LogP contribution in [-0.2, 0) is 35.4 Å². The number of nitrogens with one attached hydrogen (secondary N) is 1. The molecule has 3 aromatic rings. The van der Waals surface area contributed by atoms with E-state index >= 15 is 0 Å². The summed E-state index contributed by atoms with van der Waals surface area (Å²) in [6.45, 7) is 1.89. The Bertz CT molecular complexity index is 1100. The number of amides is 1. The van der Waals surface area contributed by atoms with Crippen LogP contribution in [0.1, 0.15) is 35.2 Å². The number of hydrogen-bond acceptors (Lipinski definition) is 2. The Labute approximate surface area is 174 Å². The molecule has 0 saturated carbocycles. The van der Waals surface area contributed by atoms with Crippen molar-refractivity contribution in [1.29, 1.82) is 0 Å². The van der Waals surface area contributed by atoms with Crippen LogP contribution in [-0.4, -0.2) is 27.6 Å². The van der Waals surface area contributed by atoms with E-state index in [2.05, 4.69) is 5.32 Å². The van der Waals surface area contributed by atoms with Crippen LogP contribution in [0.2, 0.25) is 0 Å². The number of carboxylic acids is 1. The number of carboxylic acid groups (broad SMARTS) is 1. The Balaban J connectivity index is 1.48. The highest BCUT2D eigenvalue weighted by molar-refractivity contribution is 5.87. The van der Waals surface area contributed by atoms with E-state index in [0.29, 0.717) is 25.7 Å². The van der Waals surface area contributed by atoms with Gasteiger partial charge in [-0.1, -0.05) is 29.8 Å². The fourth-order valence-corrected chi connectivity index (χ4v) is 4.37. The number of benzene rings is 2. The molecule has 1 heterocycles. The van der Waals surface area contributed by atoms with Crippen molar-refractivity contribution in [2.24, 2.45) is 0 Å². The molecule has 0 saturated heterocycles. The molecule has 1 aromatic heterocycles. The van der Waals surface area contributed by atoms with E-state index in [4.69, 9.17) is 0 Å². The zero-order chi connectivity index (χ0) is 21.3. The molecule has 5 nitrogen and oxygen atoms in total. The Morgan fingerprint density at radius 3 is 2.70 bits per heavy atom. The van der Waals surface area contributed by atoms with Crippen LogP contribution in [0.25, 0.3) is 10.9 Å². The van der Waals surface area contributed by atoms with Crippen molar-refractivity contribution < 1.29 is 19.1 Å². The quantitative estimate of drug-likeness (QED) is 0.652. The zero-order valence-electron chi connectivity index (χ0n) is 17.0. The van der Waals surface area contributed by atoms with E-state index in [1.165, 1.54) is 17.7 Å². The van der Waals surface area contributed by atoms with Crippen LogP contribution in [0.4, 0.5) is 4.39 Å². The van der Waals surface area contributed by atoms with Crippen molar-refractivity contribution in [3.05, 3.63) is 70.7 Å². The van der Waals surface area contributed by atoms with Crippen LogP contribution in [0.5, 0.6) is 0 Å². The summed E-state index contributed by atoms with van der Waals surface area (Å²) in [4.78, 5) is 23.8. The first kappa shape index (κ1) is 20.1. The van der Waals surface area contributed by atoms with Crippen LogP contribution < -0.4 is 5.32 Å². The highest BCUT2D eigenvalue weighted by atomic mass is 19.1. The predicted octanol–water partition coefficient (Wildman–Crippen LogP) is 3.78. The molecule has 2 N–H and O–H groups in total. The summed E-state index contributed by atoms with van der Waals surface area (Å²) >= 11 is 0. The molecule has 1 aliphatic rings. The lowest BCUT2D eigenvalue weighted by molar-refractivity contribution is -0.137. The second-order valence-electron chi connectivity index (χ2n) is 8.06. The molecule has 2 aromatic carbocycles. The largest absolute Gasteiger partial charge is 0.480 e. The molecule has 30 heavy (non-hydrogen) atoms. The van der Waals surface area contributed by atoms with Crippen molar-refractivity contribution >= 4 is 22.8 Å². The highest BCUT2D eigenvalue weighted by Crippen LogP contribution is 2.33. The third-order valence-electron chi connectivity index (χ3n) is 5.85. The van der Waals surface area contributed by atoms with Crippen molar-refractivity contribution in [3.63, 3.8) is 0 Å². The highest BCUT2D eigenvalue weighted by Gasteiger charge is 2.27. The Morgan fingerprint density at radius 2 is 1.97 bits per heavy atom. The number of carbonyl (C=O) groups excluding carboxylic acids is 1. The molecule has 6 heteroatoms. The molecule has 1 unspecified atom stereocenters. The maximum Gasteiger partial charge on any atom is 0.323 e. The SMILES string of the molecule is Cc1ccc(CCC(=O)NC2CCc3c(c4cc(F)ccc4n3CC(=O)O)C2)cc1. The van der Waals surface area contributed by atoms with Gasteiger partial charge >= 0.3 is 5.97 Å². The number of hydrogen-bond donors (Lipinski definition) is 2. The van der Waals surface area contributed by atoms with E-state index in [-0.39, 0.29) is 24.3 Å². The Hall–Kier alpha value is -3.15. The van der Waals surface area contributed by atoms with Gasteiger partial charge in [0.15, 0.2) is 0 Å². The zero-order valence-corrected chi connectivity index (χ0v) is 17.0. The predicted molar refractivity (Wildman–Crippen MR) is 113 cm³/mol. The Morgan fingerprint density at radius 1 is 1.20 bits per heavy atom. The summed E-state index contributed by atoms with van der Waals surface area (Å²) in [6, 6.07) is 12.6.